The number of rotatable bonds is 6. The minimum Gasteiger partial charge on any atom is -0.463 e. The number of piperazine rings is 1. The Balaban J connectivity index is 1.15. The van der Waals surface area contributed by atoms with Crippen molar-refractivity contribution >= 4 is 35.0 Å². The molecular weight excluding hydrogens is 473 g/mol. The van der Waals surface area contributed by atoms with Crippen molar-refractivity contribution in [2.45, 2.75) is 25.6 Å². The highest BCUT2D eigenvalue weighted by Gasteiger charge is 2.36. The van der Waals surface area contributed by atoms with Gasteiger partial charge >= 0.3 is 6.09 Å². The van der Waals surface area contributed by atoms with Crippen LogP contribution < -0.4 is 15.1 Å². The van der Waals surface area contributed by atoms with E-state index in [1.807, 2.05) is 4.90 Å². The molecule has 3 aliphatic rings. The van der Waals surface area contributed by atoms with Gasteiger partial charge in [-0.15, -0.1) is 0 Å². The number of furan rings is 1. The van der Waals surface area contributed by atoms with Crippen LogP contribution in [0.25, 0.3) is 0 Å². The molecule has 11 nitrogen and oxygen atoms in total. The molecule has 3 aliphatic heterocycles. The molecule has 0 spiro atoms. The van der Waals surface area contributed by atoms with Crippen LogP contribution in [-0.4, -0.2) is 80.0 Å². The van der Waals surface area contributed by atoms with Crippen LogP contribution in [0.3, 0.4) is 0 Å². The SMILES string of the molecule is CC(=O)NC[C@H]1CN(c2ccc(N3CCN(C(=O)C4CC(c5ccco5)=NO4)CC3)c(F)c2)C(=O)O1. The van der Waals surface area contributed by atoms with Crippen molar-refractivity contribution in [1.82, 2.24) is 10.2 Å². The van der Waals surface area contributed by atoms with Crippen LogP contribution in [0.2, 0.25) is 0 Å². The molecule has 0 saturated carbocycles. The monoisotopic (exact) mass is 499 g/mol. The predicted octanol–water partition coefficient (Wildman–Crippen LogP) is 1.72. The Hall–Kier alpha value is -4.09. The first-order valence-electron chi connectivity index (χ1n) is 11.7. The second-order valence-corrected chi connectivity index (χ2v) is 8.81. The van der Waals surface area contributed by atoms with E-state index in [0.29, 0.717) is 55.4 Å². The molecule has 1 unspecified atom stereocenters. The molecule has 5 rings (SSSR count). The first-order valence-corrected chi connectivity index (χ1v) is 11.7. The van der Waals surface area contributed by atoms with Crippen LogP contribution in [0.5, 0.6) is 0 Å². The quantitative estimate of drug-likeness (QED) is 0.643. The Kier molecular flexibility index (Phi) is 6.49. The van der Waals surface area contributed by atoms with E-state index in [1.54, 1.807) is 35.4 Å². The molecule has 2 saturated heterocycles. The number of halogens is 1. The van der Waals surface area contributed by atoms with Gasteiger partial charge in [-0.05, 0) is 30.3 Å². The van der Waals surface area contributed by atoms with Crippen molar-refractivity contribution in [3.8, 4) is 0 Å². The zero-order valence-corrected chi connectivity index (χ0v) is 19.7. The topological polar surface area (TPSA) is 117 Å². The minimum atomic E-state index is -0.692. The Morgan fingerprint density at radius 1 is 1.19 bits per heavy atom. The fourth-order valence-electron chi connectivity index (χ4n) is 4.49. The van der Waals surface area contributed by atoms with E-state index in [9.17, 15) is 14.4 Å². The van der Waals surface area contributed by atoms with Gasteiger partial charge in [0.05, 0.1) is 30.7 Å². The molecule has 190 valence electrons. The lowest BCUT2D eigenvalue weighted by atomic mass is 10.1. The standard InChI is InChI=1S/C24H26FN5O6/c1-15(31)26-13-17-14-30(24(33)35-17)16-4-5-20(18(25)11-16)28-6-8-29(9-7-28)23(32)22-12-19(27-36-22)21-3-2-10-34-21/h2-5,10-11,17,22H,6-9,12-14H2,1H3,(H,26,31)/t17-,22?/m0/s1. The van der Waals surface area contributed by atoms with E-state index in [0.717, 1.165) is 0 Å². The molecule has 2 fully saturated rings. The van der Waals surface area contributed by atoms with Crippen molar-refractivity contribution < 1.29 is 32.8 Å². The van der Waals surface area contributed by atoms with Gasteiger partial charge in [0.25, 0.3) is 5.91 Å². The van der Waals surface area contributed by atoms with Gasteiger partial charge in [-0.3, -0.25) is 14.5 Å². The van der Waals surface area contributed by atoms with Crippen molar-refractivity contribution in [2.75, 3.05) is 49.1 Å². The maximum Gasteiger partial charge on any atom is 0.414 e. The van der Waals surface area contributed by atoms with Gasteiger partial charge in [0.15, 0.2) is 5.76 Å². The van der Waals surface area contributed by atoms with E-state index >= 15 is 4.39 Å². The van der Waals surface area contributed by atoms with E-state index in [1.165, 1.54) is 17.9 Å². The Morgan fingerprint density at radius 3 is 2.69 bits per heavy atom. The molecule has 4 heterocycles. The number of benzene rings is 1. The number of ether oxygens (including phenoxy) is 1. The second-order valence-electron chi connectivity index (χ2n) is 8.81. The number of oxime groups is 1. The summed E-state index contributed by atoms with van der Waals surface area (Å²) in [6.45, 7) is 3.53. The van der Waals surface area contributed by atoms with E-state index < -0.39 is 24.1 Å². The number of hydrogen-bond acceptors (Lipinski definition) is 8. The first kappa shape index (κ1) is 23.6. The predicted molar refractivity (Wildman–Crippen MR) is 126 cm³/mol. The smallest absolute Gasteiger partial charge is 0.414 e. The summed E-state index contributed by atoms with van der Waals surface area (Å²) in [5, 5.41) is 6.59. The molecule has 1 N–H and O–H groups in total. The van der Waals surface area contributed by atoms with Gasteiger partial charge in [-0.2, -0.15) is 0 Å². The third kappa shape index (κ3) is 4.83. The summed E-state index contributed by atoms with van der Waals surface area (Å²) in [5.74, 6) is -0.262. The Morgan fingerprint density at radius 2 is 2.00 bits per heavy atom. The number of hydrogen-bond donors (Lipinski definition) is 1. The van der Waals surface area contributed by atoms with Gasteiger partial charge in [-0.1, -0.05) is 5.16 Å². The highest BCUT2D eigenvalue weighted by Crippen LogP contribution is 2.29. The highest BCUT2D eigenvalue weighted by atomic mass is 19.1. The average molecular weight is 499 g/mol. The normalized spacial score (nSPS) is 21.8. The van der Waals surface area contributed by atoms with Crippen LogP contribution in [0.4, 0.5) is 20.6 Å². The van der Waals surface area contributed by atoms with Crippen molar-refractivity contribution in [3.05, 3.63) is 48.2 Å². The van der Waals surface area contributed by atoms with Crippen LogP contribution in [0.1, 0.15) is 19.1 Å². The summed E-state index contributed by atoms with van der Waals surface area (Å²) in [6, 6.07) is 8.11. The molecule has 36 heavy (non-hydrogen) atoms. The molecule has 2 aromatic rings. The number of nitrogens with one attached hydrogen (secondary N) is 1. The van der Waals surface area contributed by atoms with Gasteiger partial charge in [0, 0.05) is 39.5 Å². The number of nitrogens with zero attached hydrogens (tertiary/aromatic N) is 4. The lowest BCUT2D eigenvalue weighted by molar-refractivity contribution is -0.142. The summed E-state index contributed by atoms with van der Waals surface area (Å²) in [4.78, 5) is 46.5. The van der Waals surface area contributed by atoms with Crippen LogP contribution in [-0.2, 0) is 19.2 Å². The van der Waals surface area contributed by atoms with Crippen LogP contribution in [0.15, 0.2) is 46.2 Å². The van der Waals surface area contributed by atoms with Gasteiger partial charge < -0.3 is 29.1 Å². The zero-order valence-electron chi connectivity index (χ0n) is 19.7. The lowest BCUT2D eigenvalue weighted by Crippen LogP contribution is -2.51. The van der Waals surface area contributed by atoms with Crippen molar-refractivity contribution in [1.29, 1.82) is 0 Å². The molecule has 2 atom stereocenters. The largest absolute Gasteiger partial charge is 0.463 e. The number of amides is 3. The summed E-state index contributed by atoms with van der Waals surface area (Å²) in [6.07, 6.45) is 0.104. The van der Waals surface area contributed by atoms with E-state index in [4.69, 9.17) is 14.0 Å². The molecular formula is C24H26FN5O6. The molecule has 1 aromatic carbocycles. The Bertz CT molecular complexity index is 1180. The average Bonchev–Trinajstić information content (AvgIpc) is 3.63. The van der Waals surface area contributed by atoms with Crippen LogP contribution >= 0.6 is 0 Å². The molecule has 1 aromatic heterocycles. The summed E-state index contributed by atoms with van der Waals surface area (Å²) >= 11 is 0. The number of carbonyl (C=O) groups is 3. The fraction of sp³-hybridized carbons (Fsp3) is 0.417. The molecule has 12 heteroatoms. The highest BCUT2D eigenvalue weighted by molar-refractivity contribution is 6.02. The molecule has 0 bridgehead atoms. The van der Waals surface area contributed by atoms with Crippen LogP contribution in [0, 0.1) is 5.82 Å². The molecule has 3 amide bonds. The maximum absolute atomic E-state index is 15.0. The Labute approximate surface area is 206 Å². The summed E-state index contributed by atoms with van der Waals surface area (Å²) < 4.78 is 25.6. The number of anilines is 2. The minimum absolute atomic E-state index is 0.155. The fourth-order valence-corrected chi connectivity index (χ4v) is 4.49. The first-order chi connectivity index (χ1) is 17.4. The third-order valence-corrected chi connectivity index (χ3v) is 6.38. The van der Waals surface area contributed by atoms with Gasteiger partial charge in [0.1, 0.15) is 17.6 Å². The molecule has 0 aliphatic carbocycles. The molecule has 0 radical (unpaired) electrons. The zero-order chi connectivity index (χ0) is 25.2. The summed E-state index contributed by atoms with van der Waals surface area (Å²) in [5.41, 5.74) is 1.38. The second kappa shape index (κ2) is 9.88. The van der Waals surface area contributed by atoms with Gasteiger partial charge in [0.2, 0.25) is 12.0 Å². The van der Waals surface area contributed by atoms with Crippen molar-refractivity contribution in [3.63, 3.8) is 0 Å². The number of carbonyl (C=O) groups excluding carboxylic acids is 3. The lowest BCUT2D eigenvalue weighted by Gasteiger charge is -2.37. The van der Waals surface area contributed by atoms with Gasteiger partial charge in [-0.25, -0.2) is 9.18 Å². The maximum atomic E-state index is 15.0. The van der Waals surface area contributed by atoms with E-state index in [-0.39, 0.29) is 24.9 Å². The van der Waals surface area contributed by atoms with E-state index in [2.05, 4.69) is 10.5 Å². The third-order valence-electron chi connectivity index (χ3n) is 6.38. The van der Waals surface area contributed by atoms with Crippen molar-refractivity contribution in [2.24, 2.45) is 5.16 Å². The number of cyclic esters (lactones) is 1. The summed E-state index contributed by atoms with van der Waals surface area (Å²) in [7, 11) is 0.